The second-order valence-electron chi connectivity index (χ2n) is 8.39. The fraction of sp³-hybridized carbons (Fsp3) is 0.148. The van der Waals surface area contributed by atoms with Crippen LogP contribution in [0.2, 0.25) is 5.02 Å². The standard InChI is InChI=1S/C27H23ClN8O/c28-22-12-20(33-26(24-16-32-36-35-24)18-7-4-9-30-14-18)11-21-25(19(13-29)15-31-27(21)22)34-23(8-10-37)17-5-2-1-3-6-17/h1-7,9,11-12,14-16,23,26,33,37H,8,10H2,(H,31,34)(H,32,35,36)/t23-,26?/m0/s1. The molecule has 0 amide bonds. The molecule has 37 heavy (non-hydrogen) atoms. The molecule has 0 aliphatic carbocycles. The number of anilines is 2. The number of hydrogen-bond acceptors (Lipinski definition) is 8. The quantitative estimate of drug-likeness (QED) is 0.217. The number of fused-ring (bicyclic) bond motifs is 1. The van der Waals surface area contributed by atoms with Gasteiger partial charge in [-0.3, -0.25) is 15.1 Å². The summed E-state index contributed by atoms with van der Waals surface area (Å²) >= 11 is 6.70. The number of rotatable bonds is 9. The molecule has 184 valence electrons. The van der Waals surface area contributed by atoms with Gasteiger partial charge in [0.05, 0.1) is 33.9 Å². The number of aromatic nitrogens is 5. The molecule has 2 atom stereocenters. The Morgan fingerprint density at radius 3 is 2.59 bits per heavy atom. The first kappa shape index (κ1) is 24.2. The fourth-order valence-corrected chi connectivity index (χ4v) is 4.56. The van der Waals surface area contributed by atoms with E-state index in [1.165, 1.54) is 6.20 Å². The van der Waals surface area contributed by atoms with Crippen LogP contribution in [0.3, 0.4) is 0 Å². The van der Waals surface area contributed by atoms with Crippen LogP contribution in [0.5, 0.6) is 0 Å². The lowest BCUT2D eigenvalue weighted by atomic mass is 10.0. The molecule has 4 N–H and O–H groups in total. The molecular weight excluding hydrogens is 488 g/mol. The van der Waals surface area contributed by atoms with Crippen molar-refractivity contribution in [2.45, 2.75) is 18.5 Å². The Morgan fingerprint density at radius 1 is 1.05 bits per heavy atom. The lowest BCUT2D eigenvalue weighted by Crippen LogP contribution is -2.15. The van der Waals surface area contributed by atoms with Gasteiger partial charge in [-0.2, -0.15) is 5.26 Å². The summed E-state index contributed by atoms with van der Waals surface area (Å²) in [6, 6.07) is 18.9. The van der Waals surface area contributed by atoms with Crippen LogP contribution in [-0.4, -0.2) is 37.1 Å². The second kappa shape index (κ2) is 11.0. The Hall–Kier alpha value is -4.52. The van der Waals surface area contributed by atoms with Gasteiger partial charge in [0.1, 0.15) is 11.8 Å². The molecule has 0 aliphatic heterocycles. The maximum absolute atomic E-state index is 9.90. The average Bonchev–Trinajstić information content (AvgIpc) is 3.47. The van der Waals surface area contributed by atoms with Gasteiger partial charge >= 0.3 is 0 Å². The molecule has 2 aromatic carbocycles. The molecule has 0 saturated heterocycles. The van der Waals surface area contributed by atoms with Crippen LogP contribution in [0, 0.1) is 11.3 Å². The van der Waals surface area contributed by atoms with Crippen LogP contribution in [0.1, 0.15) is 40.9 Å². The monoisotopic (exact) mass is 510 g/mol. The number of aliphatic hydroxyl groups excluding tert-OH is 1. The van der Waals surface area contributed by atoms with Crippen LogP contribution < -0.4 is 10.6 Å². The summed E-state index contributed by atoms with van der Waals surface area (Å²) < 4.78 is 0. The van der Waals surface area contributed by atoms with Crippen LogP contribution in [0.4, 0.5) is 11.4 Å². The van der Waals surface area contributed by atoms with Gasteiger partial charge < -0.3 is 15.7 Å². The van der Waals surface area contributed by atoms with Crippen molar-refractivity contribution in [3.05, 3.63) is 107 Å². The zero-order chi connectivity index (χ0) is 25.6. The first-order valence-electron chi connectivity index (χ1n) is 11.7. The molecule has 0 fully saturated rings. The van der Waals surface area contributed by atoms with Crippen molar-refractivity contribution in [3.8, 4) is 6.07 Å². The van der Waals surface area contributed by atoms with Gasteiger partial charge in [-0.1, -0.05) is 53.2 Å². The maximum Gasteiger partial charge on any atom is 0.109 e. The molecule has 5 aromatic rings. The number of H-pyrrole nitrogens is 1. The van der Waals surface area contributed by atoms with E-state index in [0.29, 0.717) is 45.0 Å². The van der Waals surface area contributed by atoms with Gasteiger partial charge in [0.15, 0.2) is 0 Å². The Kier molecular flexibility index (Phi) is 7.21. The van der Waals surface area contributed by atoms with Gasteiger partial charge in [0.25, 0.3) is 0 Å². The summed E-state index contributed by atoms with van der Waals surface area (Å²) in [6.07, 6.45) is 7.16. The normalized spacial score (nSPS) is 12.6. The molecule has 1 unspecified atom stereocenters. The lowest BCUT2D eigenvalue weighted by molar-refractivity contribution is 0.280. The second-order valence-corrected chi connectivity index (χ2v) is 8.80. The third-order valence-electron chi connectivity index (χ3n) is 6.04. The number of hydrogen-bond donors (Lipinski definition) is 4. The summed E-state index contributed by atoms with van der Waals surface area (Å²) in [6.45, 7) is -0.0183. The summed E-state index contributed by atoms with van der Waals surface area (Å²) in [5.74, 6) is 0. The van der Waals surface area contributed by atoms with Gasteiger partial charge in [-0.05, 0) is 35.7 Å². The summed E-state index contributed by atoms with van der Waals surface area (Å²) in [4.78, 5) is 8.70. The first-order valence-corrected chi connectivity index (χ1v) is 12.0. The van der Waals surface area contributed by atoms with E-state index >= 15 is 0 Å². The third-order valence-corrected chi connectivity index (χ3v) is 6.33. The molecule has 0 radical (unpaired) electrons. The Morgan fingerprint density at radius 2 is 1.89 bits per heavy atom. The van der Waals surface area contributed by atoms with Crippen molar-refractivity contribution >= 4 is 33.9 Å². The number of aliphatic hydroxyl groups is 1. The van der Waals surface area contributed by atoms with E-state index in [-0.39, 0.29) is 18.7 Å². The SMILES string of the molecule is N#Cc1cnc2c(Cl)cc(NC(c3cccnc3)c3c[nH]nn3)cc2c1N[C@@H](CCO)c1ccccc1. The number of benzene rings is 2. The molecule has 0 bridgehead atoms. The number of aromatic amines is 1. The van der Waals surface area contributed by atoms with Crippen LogP contribution >= 0.6 is 11.6 Å². The summed E-state index contributed by atoms with van der Waals surface area (Å²) in [5.41, 5.74) is 4.80. The predicted octanol–water partition coefficient (Wildman–Crippen LogP) is 5.01. The van der Waals surface area contributed by atoms with Gasteiger partial charge in [-0.25, -0.2) is 0 Å². The lowest BCUT2D eigenvalue weighted by Gasteiger charge is -2.23. The van der Waals surface area contributed by atoms with Crippen molar-refractivity contribution in [2.75, 3.05) is 17.2 Å². The van der Waals surface area contributed by atoms with Crippen LogP contribution in [0.25, 0.3) is 10.9 Å². The zero-order valence-corrected chi connectivity index (χ0v) is 20.4. The minimum absolute atomic E-state index is 0.0183. The molecular formula is C27H23ClN8O. The van der Waals surface area contributed by atoms with Crippen molar-refractivity contribution in [1.82, 2.24) is 25.4 Å². The summed E-state index contributed by atoms with van der Waals surface area (Å²) in [7, 11) is 0. The largest absolute Gasteiger partial charge is 0.396 e. The first-order chi connectivity index (χ1) is 18.2. The van der Waals surface area contributed by atoms with E-state index in [2.05, 4.69) is 42.1 Å². The van der Waals surface area contributed by atoms with E-state index in [1.807, 2.05) is 48.5 Å². The zero-order valence-electron chi connectivity index (χ0n) is 19.6. The van der Waals surface area contributed by atoms with E-state index in [0.717, 1.165) is 11.1 Å². The molecule has 0 aliphatic rings. The van der Waals surface area contributed by atoms with Crippen LogP contribution in [0.15, 0.2) is 79.4 Å². The Labute approximate surface area is 218 Å². The number of nitrogens with one attached hydrogen (secondary N) is 3. The number of nitrogens with zero attached hydrogens (tertiary/aromatic N) is 5. The minimum atomic E-state index is -0.351. The third kappa shape index (κ3) is 5.21. The number of nitriles is 1. The predicted molar refractivity (Wildman–Crippen MR) is 142 cm³/mol. The van der Waals surface area contributed by atoms with Gasteiger partial charge in [-0.15, -0.1) is 5.10 Å². The van der Waals surface area contributed by atoms with E-state index in [1.54, 1.807) is 24.7 Å². The molecule has 3 heterocycles. The number of halogens is 1. The number of pyridine rings is 2. The highest BCUT2D eigenvalue weighted by molar-refractivity contribution is 6.35. The molecule has 10 heteroatoms. The Bertz CT molecular complexity index is 1520. The highest BCUT2D eigenvalue weighted by atomic mass is 35.5. The molecule has 3 aromatic heterocycles. The minimum Gasteiger partial charge on any atom is -0.396 e. The summed E-state index contributed by atoms with van der Waals surface area (Å²) in [5, 5.41) is 38.5. The average molecular weight is 511 g/mol. The molecule has 5 rings (SSSR count). The smallest absolute Gasteiger partial charge is 0.109 e. The van der Waals surface area contributed by atoms with E-state index in [9.17, 15) is 10.4 Å². The molecule has 9 nitrogen and oxygen atoms in total. The molecule has 0 spiro atoms. The van der Waals surface area contributed by atoms with Crippen molar-refractivity contribution in [3.63, 3.8) is 0 Å². The van der Waals surface area contributed by atoms with Crippen molar-refractivity contribution < 1.29 is 5.11 Å². The van der Waals surface area contributed by atoms with Gasteiger partial charge in [0.2, 0.25) is 0 Å². The van der Waals surface area contributed by atoms with Gasteiger partial charge in [0, 0.05) is 42.5 Å². The van der Waals surface area contributed by atoms with Crippen molar-refractivity contribution in [1.29, 1.82) is 5.26 Å². The fourth-order valence-electron chi connectivity index (χ4n) is 4.29. The maximum atomic E-state index is 9.90. The van der Waals surface area contributed by atoms with Crippen molar-refractivity contribution in [2.24, 2.45) is 0 Å². The topological polar surface area (TPSA) is 135 Å². The highest BCUT2D eigenvalue weighted by Crippen LogP contribution is 2.37. The Balaban J connectivity index is 1.60. The molecule has 0 saturated carbocycles. The van der Waals surface area contributed by atoms with E-state index in [4.69, 9.17) is 11.6 Å². The van der Waals surface area contributed by atoms with Crippen LogP contribution in [-0.2, 0) is 0 Å². The highest BCUT2D eigenvalue weighted by Gasteiger charge is 2.21. The van der Waals surface area contributed by atoms with E-state index < -0.39 is 0 Å².